The van der Waals surface area contributed by atoms with Crippen LogP contribution in [0.15, 0.2) is 30.3 Å². The molecule has 2 aromatic rings. The molecule has 0 bridgehead atoms. The fourth-order valence-electron chi connectivity index (χ4n) is 3.28. The first kappa shape index (κ1) is 26.9. The Labute approximate surface area is 188 Å². The first-order valence-corrected chi connectivity index (χ1v) is 10.4. The van der Waals surface area contributed by atoms with Crippen LogP contribution in [0.2, 0.25) is 0 Å². The second kappa shape index (κ2) is 10.3. The monoisotopic (exact) mass is 480 g/mol. The van der Waals surface area contributed by atoms with Gasteiger partial charge in [-0.2, -0.15) is 8.78 Å². The van der Waals surface area contributed by atoms with Crippen LogP contribution in [-0.4, -0.2) is 18.3 Å². The maximum atomic E-state index is 14.5. The molecule has 2 aromatic carbocycles. The Morgan fingerprint density at radius 1 is 0.970 bits per heavy atom. The molecule has 1 aliphatic rings. The van der Waals surface area contributed by atoms with Crippen molar-refractivity contribution in [3.8, 4) is 5.75 Å². The molecule has 0 atom stereocenters. The summed E-state index contributed by atoms with van der Waals surface area (Å²) in [5, 5.41) is 10.5. The van der Waals surface area contributed by atoms with Gasteiger partial charge >= 0.3 is 12.1 Å². The van der Waals surface area contributed by atoms with Crippen LogP contribution < -0.4 is 4.74 Å². The van der Waals surface area contributed by atoms with Gasteiger partial charge in [-0.15, -0.1) is 0 Å². The van der Waals surface area contributed by atoms with Crippen molar-refractivity contribution in [1.29, 1.82) is 0 Å². The zero-order valence-corrected chi connectivity index (χ0v) is 18.7. The van der Waals surface area contributed by atoms with Gasteiger partial charge in [-0.3, -0.25) is 0 Å². The minimum Gasteiger partial charge on any atom is -0.429 e. The van der Waals surface area contributed by atoms with Crippen molar-refractivity contribution in [1.82, 2.24) is 0 Å². The van der Waals surface area contributed by atoms with Crippen molar-refractivity contribution < 1.29 is 45.7 Å². The number of hydrogen-bond acceptors (Lipinski definition) is 4. The number of alkyl halides is 2. The first-order valence-electron chi connectivity index (χ1n) is 10.4. The summed E-state index contributed by atoms with van der Waals surface area (Å²) in [4.78, 5) is 0. The van der Waals surface area contributed by atoms with Gasteiger partial charge < -0.3 is 19.3 Å². The third-order valence-corrected chi connectivity index (χ3v) is 4.94. The molecule has 184 valence electrons. The first-order chi connectivity index (χ1) is 15.4. The van der Waals surface area contributed by atoms with Gasteiger partial charge in [0.1, 0.15) is 11.6 Å². The van der Waals surface area contributed by atoms with Gasteiger partial charge in [0.15, 0.2) is 17.5 Å². The van der Waals surface area contributed by atoms with Crippen molar-refractivity contribution in [2.24, 2.45) is 5.41 Å². The standard InChI is InChI=1S/C21H20F6O4.C2H6/c1-3-6-19(2)10-29-21(28,30-11-19)12-4-5-14(15(22)7-12)20(26,27)31-13-8-16(23)18(25)17(24)9-13;1-2/h4-5,7-9,28H,3,6,10-11H2,1-2H3;1-2H3. The lowest BCUT2D eigenvalue weighted by atomic mass is 9.86. The van der Waals surface area contributed by atoms with E-state index in [-0.39, 0.29) is 36.3 Å². The predicted molar refractivity (Wildman–Crippen MR) is 107 cm³/mol. The molecule has 0 aliphatic carbocycles. The van der Waals surface area contributed by atoms with Gasteiger partial charge in [0.25, 0.3) is 0 Å². The normalized spacial score (nSPS) is 23.0. The Morgan fingerprint density at radius 2 is 1.52 bits per heavy atom. The van der Waals surface area contributed by atoms with E-state index >= 15 is 0 Å². The van der Waals surface area contributed by atoms with E-state index in [2.05, 4.69) is 4.74 Å². The topological polar surface area (TPSA) is 47.9 Å². The smallest absolute Gasteiger partial charge is 0.429 e. The Kier molecular flexibility index (Phi) is 8.42. The van der Waals surface area contributed by atoms with Crippen LogP contribution in [0.3, 0.4) is 0 Å². The van der Waals surface area contributed by atoms with Gasteiger partial charge in [0.05, 0.1) is 18.8 Å². The molecular formula is C23H26F6O4. The van der Waals surface area contributed by atoms with Crippen LogP contribution in [0, 0.1) is 28.7 Å². The Bertz CT molecular complexity index is 935. The van der Waals surface area contributed by atoms with E-state index in [1.807, 2.05) is 27.7 Å². The molecule has 10 heteroatoms. The molecule has 0 spiro atoms. The number of halogens is 6. The molecular weight excluding hydrogens is 454 g/mol. The average Bonchev–Trinajstić information content (AvgIpc) is 2.75. The fourth-order valence-corrected chi connectivity index (χ4v) is 3.28. The van der Waals surface area contributed by atoms with Crippen LogP contribution in [0.1, 0.15) is 51.7 Å². The summed E-state index contributed by atoms with van der Waals surface area (Å²) in [7, 11) is 0. The third-order valence-electron chi connectivity index (χ3n) is 4.94. The molecule has 3 rings (SSSR count). The molecule has 0 aromatic heterocycles. The second-order valence-corrected chi connectivity index (χ2v) is 7.73. The maximum Gasteiger partial charge on any atom is 0.429 e. The van der Waals surface area contributed by atoms with Crippen molar-refractivity contribution in [2.45, 2.75) is 52.6 Å². The van der Waals surface area contributed by atoms with Crippen LogP contribution in [0.4, 0.5) is 26.3 Å². The minimum atomic E-state index is -4.37. The number of hydrogen-bond donors (Lipinski definition) is 1. The van der Waals surface area contributed by atoms with E-state index in [4.69, 9.17) is 9.47 Å². The molecule has 4 nitrogen and oxygen atoms in total. The van der Waals surface area contributed by atoms with Crippen molar-refractivity contribution in [3.63, 3.8) is 0 Å². The summed E-state index contributed by atoms with van der Waals surface area (Å²) in [6.45, 7) is 8.05. The number of rotatable bonds is 6. The predicted octanol–water partition coefficient (Wildman–Crippen LogP) is 6.35. The zero-order chi connectivity index (χ0) is 25.0. The molecule has 0 saturated carbocycles. The average molecular weight is 480 g/mol. The quantitative estimate of drug-likeness (QED) is 0.387. The van der Waals surface area contributed by atoms with E-state index in [1.54, 1.807) is 0 Å². The van der Waals surface area contributed by atoms with E-state index in [0.29, 0.717) is 12.1 Å². The molecule has 1 fully saturated rings. The highest BCUT2D eigenvalue weighted by atomic mass is 19.3. The highest BCUT2D eigenvalue weighted by Crippen LogP contribution is 2.39. The van der Waals surface area contributed by atoms with Gasteiger partial charge in [-0.1, -0.05) is 40.2 Å². The molecule has 0 amide bonds. The SMILES string of the molecule is CC.CCCC1(C)COC(O)(c2ccc(C(F)(F)Oc3cc(F)c(F)c(F)c3)c(F)c2)OC1. The Balaban J connectivity index is 0.00000187. The molecule has 1 heterocycles. The number of ether oxygens (including phenoxy) is 3. The lowest BCUT2D eigenvalue weighted by Crippen LogP contribution is -2.46. The highest BCUT2D eigenvalue weighted by Gasteiger charge is 2.44. The fraction of sp³-hybridized carbons (Fsp3) is 0.478. The van der Waals surface area contributed by atoms with Gasteiger partial charge in [-0.25, -0.2) is 17.6 Å². The highest BCUT2D eigenvalue weighted by molar-refractivity contribution is 5.31. The van der Waals surface area contributed by atoms with E-state index in [9.17, 15) is 31.4 Å². The summed E-state index contributed by atoms with van der Waals surface area (Å²) in [5.74, 6) is -10.2. The molecule has 1 saturated heterocycles. The van der Waals surface area contributed by atoms with Crippen molar-refractivity contribution in [3.05, 3.63) is 64.7 Å². The number of benzene rings is 2. The summed E-state index contributed by atoms with van der Waals surface area (Å²) < 4.78 is 97.6. The largest absolute Gasteiger partial charge is 0.429 e. The minimum absolute atomic E-state index is 0.0989. The second-order valence-electron chi connectivity index (χ2n) is 7.73. The van der Waals surface area contributed by atoms with Gasteiger partial charge in [0.2, 0.25) is 0 Å². The molecule has 0 radical (unpaired) electrons. The van der Waals surface area contributed by atoms with Crippen molar-refractivity contribution >= 4 is 0 Å². The zero-order valence-electron chi connectivity index (χ0n) is 18.7. The van der Waals surface area contributed by atoms with E-state index < -0.39 is 46.7 Å². The summed E-state index contributed by atoms with van der Waals surface area (Å²) in [6.07, 6.45) is -2.76. The Morgan fingerprint density at radius 3 is 2.00 bits per heavy atom. The summed E-state index contributed by atoms with van der Waals surface area (Å²) in [5.41, 5.74) is -1.90. The molecule has 1 N–H and O–H groups in total. The summed E-state index contributed by atoms with van der Waals surface area (Å²) in [6, 6.07) is 2.56. The van der Waals surface area contributed by atoms with Gasteiger partial charge in [-0.05, 0) is 18.6 Å². The van der Waals surface area contributed by atoms with Crippen LogP contribution in [-0.2, 0) is 21.6 Å². The molecule has 1 aliphatic heterocycles. The van der Waals surface area contributed by atoms with E-state index in [1.165, 1.54) is 0 Å². The van der Waals surface area contributed by atoms with Gasteiger partial charge in [0, 0.05) is 23.1 Å². The molecule has 33 heavy (non-hydrogen) atoms. The third kappa shape index (κ3) is 5.99. The lowest BCUT2D eigenvalue weighted by Gasteiger charge is -2.41. The lowest BCUT2D eigenvalue weighted by molar-refractivity contribution is -0.414. The molecule has 0 unspecified atom stereocenters. The van der Waals surface area contributed by atoms with E-state index in [0.717, 1.165) is 18.9 Å². The summed E-state index contributed by atoms with van der Waals surface area (Å²) >= 11 is 0. The van der Waals surface area contributed by atoms with Crippen LogP contribution in [0.25, 0.3) is 0 Å². The number of aliphatic hydroxyl groups is 1. The maximum absolute atomic E-state index is 14.5. The van der Waals surface area contributed by atoms with Crippen molar-refractivity contribution in [2.75, 3.05) is 13.2 Å². The van der Waals surface area contributed by atoms with Crippen LogP contribution >= 0.6 is 0 Å². The Hall–Kier alpha value is -2.30. The van der Waals surface area contributed by atoms with Crippen LogP contribution in [0.5, 0.6) is 5.75 Å².